The molecular formula is C28H27N7O2. The number of H-pyrrole nitrogens is 1. The SMILES string of the molecule is CNc1cc(-c2c[nH]c3nc(Nc4ccc(N5CCOCC5)cc4)nc(Oc4ccccc4)c23)ccn1. The minimum atomic E-state index is 0.441. The molecule has 2 aromatic carbocycles. The van der Waals surface area contributed by atoms with E-state index in [1.807, 2.05) is 67.8 Å². The first-order chi connectivity index (χ1) is 18.3. The molecule has 0 amide bonds. The Morgan fingerprint density at radius 3 is 2.57 bits per heavy atom. The number of pyridine rings is 1. The Kier molecular flexibility index (Phi) is 6.26. The minimum absolute atomic E-state index is 0.441. The van der Waals surface area contributed by atoms with Crippen molar-refractivity contribution in [3.63, 3.8) is 0 Å². The van der Waals surface area contributed by atoms with Gasteiger partial charge in [0.1, 0.15) is 17.2 Å². The van der Waals surface area contributed by atoms with Crippen LogP contribution in [0.1, 0.15) is 0 Å². The van der Waals surface area contributed by atoms with Crippen LogP contribution in [0.25, 0.3) is 22.2 Å². The van der Waals surface area contributed by atoms with E-state index in [-0.39, 0.29) is 0 Å². The number of morpholine rings is 1. The number of aromatic nitrogens is 4. The van der Waals surface area contributed by atoms with Crippen LogP contribution < -0.4 is 20.3 Å². The average molecular weight is 494 g/mol. The zero-order valence-electron chi connectivity index (χ0n) is 20.4. The molecule has 186 valence electrons. The maximum Gasteiger partial charge on any atom is 0.234 e. The Morgan fingerprint density at radius 1 is 0.973 bits per heavy atom. The first-order valence-electron chi connectivity index (χ1n) is 12.2. The maximum absolute atomic E-state index is 6.28. The molecule has 5 aromatic rings. The lowest BCUT2D eigenvalue weighted by atomic mass is 10.1. The number of anilines is 4. The van der Waals surface area contributed by atoms with Gasteiger partial charge in [-0.3, -0.25) is 0 Å². The molecule has 9 nitrogen and oxygen atoms in total. The third kappa shape index (κ3) is 4.89. The molecule has 0 bridgehead atoms. The first-order valence-corrected chi connectivity index (χ1v) is 12.2. The molecular weight excluding hydrogens is 466 g/mol. The summed E-state index contributed by atoms with van der Waals surface area (Å²) in [5, 5.41) is 7.22. The van der Waals surface area contributed by atoms with Crippen LogP contribution in [0, 0.1) is 0 Å². The van der Waals surface area contributed by atoms with Crippen molar-refractivity contribution in [2.45, 2.75) is 0 Å². The molecule has 0 atom stereocenters. The second-order valence-electron chi connectivity index (χ2n) is 8.64. The lowest BCUT2D eigenvalue weighted by molar-refractivity contribution is 0.122. The molecule has 0 spiro atoms. The number of ether oxygens (including phenoxy) is 2. The summed E-state index contributed by atoms with van der Waals surface area (Å²) < 4.78 is 11.7. The fraction of sp³-hybridized carbons (Fsp3) is 0.179. The molecule has 9 heteroatoms. The summed E-state index contributed by atoms with van der Waals surface area (Å²) in [4.78, 5) is 19.5. The van der Waals surface area contributed by atoms with Crippen LogP contribution in [0.2, 0.25) is 0 Å². The van der Waals surface area contributed by atoms with Gasteiger partial charge in [0, 0.05) is 49.5 Å². The summed E-state index contributed by atoms with van der Waals surface area (Å²) in [6, 6.07) is 21.8. The van der Waals surface area contributed by atoms with Crippen LogP contribution in [0.5, 0.6) is 11.6 Å². The summed E-state index contributed by atoms with van der Waals surface area (Å²) in [5.41, 5.74) is 4.64. The van der Waals surface area contributed by atoms with Crippen LogP contribution in [-0.4, -0.2) is 53.3 Å². The lowest BCUT2D eigenvalue weighted by Gasteiger charge is -2.28. The van der Waals surface area contributed by atoms with Crippen LogP contribution in [0.4, 0.5) is 23.1 Å². The highest BCUT2D eigenvalue weighted by Crippen LogP contribution is 2.37. The van der Waals surface area contributed by atoms with E-state index < -0.39 is 0 Å². The molecule has 1 fully saturated rings. The van der Waals surface area contributed by atoms with E-state index in [0.717, 1.165) is 54.3 Å². The van der Waals surface area contributed by atoms with Gasteiger partial charge in [-0.25, -0.2) is 4.98 Å². The first kappa shape index (κ1) is 22.8. The van der Waals surface area contributed by atoms with Crippen molar-refractivity contribution in [2.24, 2.45) is 0 Å². The van der Waals surface area contributed by atoms with Gasteiger partial charge in [0.05, 0.1) is 18.6 Å². The Bertz CT molecular complexity index is 1500. The van der Waals surface area contributed by atoms with Crippen molar-refractivity contribution in [3.8, 4) is 22.8 Å². The Hall–Kier alpha value is -4.63. The van der Waals surface area contributed by atoms with Gasteiger partial charge in [0.25, 0.3) is 0 Å². The third-order valence-electron chi connectivity index (χ3n) is 6.28. The van der Waals surface area contributed by atoms with E-state index in [1.165, 1.54) is 5.69 Å². The lowest BCUT2D eigenvalue weighted by Crippen LogP contribution is -2.36. The van der Waals surface area contributed by atoms with Gasteiger partial charge in [-0.2, -0.15) is 9.97 Å². The number of hydrogen-bond donors (Lipinski definition) is 3. The van der Waals surface area contributed by atoms with Crippen molar-refractivity contribution in [1.82, 2.24) is 19.9 Å². The fourth-order valence-electron chi connectivity index (χ4n) is 4.40. The van der Waals surface area contributed by atoms with Gasteiger partial charge in [-0.15, -0.1) is 0 Å². The summed E-state index contributed by atoms with van der Waals surface area (Å²) in [6.45, 7) is 3.31. The molecule has 1 saturated heterocycles. The third-order valence-corrected chi connectivity index (χ3v) is 6.28. The fourth-order valence-corrected chi connectivity index (χ4v) is 4.40. The molecule has 3 N–H and O–H groups in total. The van der Waals surface area contributed by atoms with E-state index in [9.17, 15) is 0 Å². The van der Waals surface area contributed by atoms with E-state index in [1.54, 1.807) is 6.20 Å². The number of fused-ring (bicyclic) bond motifs is 1. The van der Waals surface area contributed by atoms with Crippen molar-refractivity contribution < 1.29 is 9.47 Å². The predicted octanol–water partition coefficient (Wildman–Crippen LogP) is 5.43. The van der Waals surface area contributed by atoms with Crippen molar-refractivity contribution in [1.29, 1.82) is 0 Å². The second-order valence-corrected chi connectivity index (χ2v) is 8.64. The molecule has 1 aliphatic rings. The van der Waals surface area contributed by atoms with Gasteiger partial charge < -0.3 is 30.0 Å². The monoisotopic (exact) mass is 493 g/mol. The number of aromatic amines is 1. The zero-order valence-corrected chi connectivity index (χ0v) is 20.4. The van der Waals surface area contributed by atoms with Gasteiger partial charge >= 0.3 is 0 Å². The summed E-state index contributed by atoms with van der Waals surface area (Å²) in [7, 11) is 1.85. The molecule has 4 heterocycles. The molecule has 3 aromatic heterocycles. The van der Waals surface area contributed by atoms with Crippen LogP contribution in [-0.2, 0) is 4.74 Å². The number of nitrogens with zero attached hydrogens (tertiary/aromatic N) is 4. The number of rotatable bonds is 7. The molecule has 0 aliphatic carbocycles. The normalized spacial score (nSPS) is 13.5. The number of benzene rings is 2. The largest absolute Gasteiger partial charge is 0.438 e. The summed E-state index contributed by atoms with van der Waals surface area (Å²) in [5.74, 6) is 2.37. The van der Waals surface area contributed by atoms with E-state index in [4.69, 9.17) is 19.4 Å². The number of para-hydroxylation sites is 1. The zero-order chi connectivity index (χ0) is 25.0. The molecule has 0 unspecified atom stereocenters. The highest BCUT2D eigenvalue weighted by molar-refractivity contribution is 5.98. The molecule has 6 rings (SSSR count). The summed E-state index contributed by atoms with van der Waals surface area (Å²) >= 11 is 0. The van der Waals surface area contributed by atoms with Gasteiger partial charge in [0.15, 0.2) is 0 Å². The highest BCUT2D eigenvalue weighted by atomic mass is 16.5. The average Bonchev–Trinajstić information content (AvgIpc) is 3.39. The number of nitrogens with one attached hydrogen (secondary N) is 3. The quantitative estimate of drug-likeness (QED) is 0.276. The maximum atomic E-state index is 6.28. The van der Waals surface area contributed by atoms with Crippen molar-refractivity contribution in [3.05, 3.63) is 79.1 Å². The summed E-state index contributed by atoms with van der Waals surface area (Å²) in [6.07, 6.45) is 3.70. The highest BCUT2D eigenvalue weighted by Gasteiger charge is 2.18. The van der Waals surface area contributed by atoms with E-state index in [2.05, 4.69) is 37.6 Å². The van der Waals surface area contributed by atoms with Crippen molar-refractivity contribution >= 4 is 34.2 Å². The van der Waals surface area contributed by atoms with Crippen LogP contribution in [0.3, 0.4) is 0 Å². The van der Waals surface area contributed by atoms with E-state index in [0.29, 0.717) is 23.2 Å². The Balaban J connectivity index is 1.36. The smallest absolute Gasteiger partial charge is 0.234 e. The second kappa shape index (κ2) is 10.2. The Labute approximate surface area is 214 Å². The molecule has 0 saturated carbocycles. The molecule has 1 aliphatic heterocycles. The standard InChI is InChI=1S/C28H27N7O2/c1-29-24-17-19(11-12-30-24)23-18-31-26-25(23)27(37-22-5-3-2-4-6-22)34-28(33-26)32-20-7-9-21(10-8-20)35-13-15-36-16-14-35/h2-12,17-18H,13-16H2,1H3,(H,29,30)(H2,31,32,33,34). The molecule has 0 radical (unpaired) electrons. The van der Waals surface area contributed by atoms with E-state index >= 15 is 0 Å². The Morgan fingerprint density at radius 2 is 1.78 bits per heavy atom. The predicted molar refractivity (Wildman–Crippen MR) is 146 cm³/mol. The molecule has 37 heavy (non-hydrogen) atoms. The van der Waals surface area contributed by atoms with Gasteiger partial charge in [0.2, 0.25) is 11.8 Å². The van der Waals surface area contributed by atoms with Crippen molar-refractivity contribution in [2.75, 3.05) is 48.9 Å². The van der Waals surface area contributed by atoms with Crippen LogP contribution >= 0.6 is 0 Å². The topological polar surface area (TPSA) is 100 Å². The minimum Gasteiger partial charge on any atom is -0.438 e. The van der Waals surface area contributed by atoms with Gasteiger partial charge in [-0.05, 0) is 54.1 Å². The van der Waals surface area contributed by atoms with Crippen LogP contribution in [0.15, 0.2) is 79.1 Å². The van der Waals surface area contributed by atoms with Gasteiger partial charge in [-0.1, -0.05) is 18.2 Å². The number of hydrogen-bond acceptors (Lipinski definition) is 8.